The Labute approximate surface area is 145 Å². The molecular formula is C14H6Cl4O4. The molecule has 0 amide bonds. The third kappa shape index (κ3) is 3.65. The molecule has 0 saturated carbocycles. The first kappa shape index (κ1) is 16.9. The number of esters is 1. The molecule has 0 aromatic heterocycles. The second-order valence-electron chi connectivity index (χ2n) is 4.09. The molecule has 0 atom stereocenters. The number of carboxylic acids is 1. The van der Waals surface area contributed by atoms with Gasteiger partial charge in [-0.1, -0.05) is 46.4 Å². The average Bonchev–Trinajstić information content (AvgIpc) is 2.44. The molecule has 2 aromatic carbocycles. The van der Waals surface area contributed by atoms with Gasteiger partial charge in [-0.25, -0.2) is 9.59 Å². The molecule has 4 nitrogen and oxygen atoms in total. The van der Waals surface area contributed by atoms with Gasteiger partial charge in [-0.05, 0) is 30.3 Å². The van der Waals surface area contributed by atoms with Crippen molar-refractivity contribution in [3.8, 4) is 5.75 Å². The molecule has 0 radical (unpaired) electrons. The van der Waals surface area contributed by atoms with E-state index in [-0.39, 0.29) is 37.0 Å². The molecule has 0 saturated heterocycles. The highest BCUT2D eigenvalue weighted by Crippen LogP contribution is 2.33. The van der Waals surface area contributed by atoms with Gasteiger partial charge in [-0.3, -0.25) is 0 Å². The van der Waals surface area contributed by atoms with E-state index >= 15 is 0 Å². The summed E-state index contributed by atoms with van der Waals surface area (Å²) >= 11 is 23.2. The molecule has 0 spiro atoms. The summed E-state index contributed by atoms with van der Waals surface area (Å²) in [6, 6.07) is 6.51. The van der Waals surface area contributed by atoms with Gasteiger partial charge in [0, 0.05) is 5.02 Å². The Bertz CT molecular complexity index is 774. The third-order valence-corrected chi connectivity index (χ3v) is 3.83. The van der Waals surface area contributed by atoms with E-state index in [1.165, 1.54) is 24.3 Å². The molecule has 0 aliphatic heterocycles. The number of benzene rings is 2. The van der Waals surface area contributed by atoms with Crippen LogP contribution in [0.25, 0.3) is 0 Å². The molecule has 1 N–H and O–H groups in total. The first-order valence-electron chi connectivity index (χ1n) is 5.69. The van der Waals surface area contributed by atoms with Crippen molar-refractivity contribution in [1.29, 1.82) is 0 Å². The number of carboxylic acid groups (broad SMARTS) is 1. The van der Waals surface area contributed by atoms with Crippen molar-refractivity contribution in [2.45, 2.75) is 0 Å². The van der Waals surface area contributed by atoms with Crippen molar-refractivity contribution in [1.82, 2.24) is 0 Å². The fourth-order valence-corrected chi connectivity index (χ4v) is 2.43. The molecule has 22 heavy (non-hydrogen) atoms. The maximum absolute atomic E-state index is 12.1. The van der Waals surface area contributed by atoms with Crippen molar-refractivity contribution in [3.05, 3.63) is 61.5 Å². The quantitative estimate of drug-likeness (QED) is 0.586. The minimum Gasteiger partial charge on any atom is -0.478 e. The standard InChI is InChI=1S/C14H6Cl4O4/c15-7-4-8(13(19)20)12(11(18)5-7)22-14(21)6-1-2-9(16)10(17)3-6/h1-5H,(H,19,20). The second-order valence-corrected chi connectivity index (χ2v) is 5.75. The number of hydrogen-bond donors (Lipinski definition) is 1. The largest absolute Gasteiger partial charge is 0.478 e. The molecule has 0 aliphatic rings. The van der Waals surface area contributed by atoms with Crippen molar-refractivity contribution in [3.63, 3.8) is 0 Å². The Morgan fingerprint density at radius 2 is 1.59 bits per heavy atom. The fraction of sp³-hybridized carbons (Fsp3) is 0. The van der Waals surface area contributed by atoms with Gasteiger partial charge in [0.25, 0.3) is 0 Å². The first-order valence-corrected chi connectivity index (χ1v) is 7.20. The third-order valence-electron chi connectivity index (χ3n) is 2.59. The van der Waals surface area contributed by atoms with Crippen molar-refractivity contribution in [2.75, 3.05) is 0 Å². The Balaban J connectivity index is 2.40. The molecular weight excluding hydrogens is 374 g/mol. The van der Waals surface area contributed by atoms with Gasteiger partial charge in [0.2, 0.25) is 0 Å². The zero-order valence-corrected chi connectivity index (χ0v) is 13.6. The highest BCUT2D eigenvalue weighted by molar-refractivity contribution is 6.42. The fourth-order valence-electron chi connectivity index (χ4n) is 1.60. The van der Waals surface area contributed by atoms with Crippen LogP contribution in [0.2, 0.25) is 20.1 Å². The molecule has 0 heterocycles. The Morgan fingerprint density at radius 3 is 2.18 bits per heavy atom. The first-order chi connectivity index (χ1) is 10.3. The average molecular weight is 380 g/mol. The van der Waals surface area contributed by atoms with Gasteiger partial charge >= 0.3 is 11.9 Å². The summed E-state index contributed by atoms with van der Waals surface area (Å²) < 4.78 is 5.06. The van der Waals surface area contributed by atoms with Crippen LogP contribution in [0, 0.1) is 0 Å². The SMILES string of the molecule is O=C(Oc1c(Cl)cc(Cl)cc1C(=O)O)c1ccc(Cl)c(Cl)c1. The topological polar surface area (TPSA) is 63.6 Å². The summed E-state index contributed by atoms with van der Waals surface area (Å²) in [5, 5.41) is 9.58. The summed E-state index contributed by atoms with van der Waals surface area (Å²) in [5.74, 6) is -2.46. The Morgan fingerprint density at radius 1 is 0.909 bits per heavy atom. The minimum absolute atomic E-state index is 0.0942. The summed E-state index contributed by atoms with van der Waals surface area (Å²) in [4.78, 5) is 23.3. The maximum atomic E-state index is 12.1. The number of aromatic carboxylic acids is 1. The molecule has 114 valence electrons. The summed E-state index contributed by atoms with van der Waals surface area (Å²) in [6.45, 7) is 0. The van der Waals surface area contributed by atoms with Gasteiger partial charge in [0.1, 0.15) is 5.56 Å². The zero-order valence-electron chi connectivity index (χ0n) is 10.6. The number of carbonyl (C=O) groups is 2. The number of halogens is 4. The Hall–Kier alpha value is -1.46. The molecule has 0 unspecified atom stereocenters. The summed E-state index contributed by atoms with van der Waals surface area (Å²) in [5.41, 5.74) is -0.234. The highest BCUT2D eigenvalue weighted by Gasteiger charge is 2.20. The second kappa shape index (κ2) is 6.75. The summed E-state index contributed by atoms with van der Waals surface area (Å²) in [6.07, 6.45) is 0. The number of carbonyl (C=O) groups excluding carboxylic acids is 1. The predicted octanol–water partition coefficient (Wildman–Crippen LogP) is 5.22. The molecule has 0 bridgehead atoms. The molecule has 0 aliphatic carbocycles. The van der Waals surface area contributed by atoms with E-state index in [1.807, 2.05) is 0 Å². The van der Waals surface area contributed by atoms with E-state index < -0.39 is 11.9 Å². The monoisotopic (exact) mass is 378 g/mol. The van der Waals surface area contributed by atoms with Crippen LogP contribution in [0.5, 0.6) is 5.75 Å². The Kier molecular flexibility index (Phi) is 5.19. The predicted molar refractivity (Wildman–Crippen MR) is 84.8 cm³/mol. The molecule has 0 fully saturated rings. The van der Waals surface area contributed by atoms with Gasteiger partial charge in [0.05, 0.1) is 20.6 Å². The van der Waals surface area contributed by atoms with Gasteiger partial charge in [0.15, 0.2) is 5.75 Å². The highest BCUT2D eigenvalue weighted by atomic mass is 35.5. The van der Waals surface area contributed by atoms with Crippen LogP contribution in [-0.4, -0.2) is 17.0 Å². The van der Waals surface area contributed by atoms with Crippen molar-refractivity contribution < 1.29 is 19.4 Å². The zero-order chi connectivity index (χ0) is 16.4. The van der Waals surface area contributed by atoms with Crippen molar-refractivity contribution in [2.24, 2.45) is 0 Å². The maximum Gasteiger partial charge on any atom is 0.343 e. The normalized spacial score (nSPS) is 10.4. The lowest BCUT2D eigenvalue weighted by Gasteiger charge is -2.10. The van der Waals surface area contributed by atoms with Crippen LogP contribution in [0.15, 0.2) is 30.3 Å². The van der Waals surface area contributed by atoms with Crippen LogP contribution in [0.3, 0.4) is 0 Å². The molecule has 2 rings (SSSR count). The van der Waals surface area contributed by atoms with Gasteiger partial charge < -0.3 is 9.84 Å². The van der Waals surface area contributed by atoms with Gasteiger partial charge in [-0.2, -0.15) is 0 Å². The molecule has 8 heteroatoms. The van der Waals surface area contributed by atoms with Gasteiger partial charge in [-0.15, -0.1) is 0 Å². The van der Waals surface area contributed by atoms with Crippen molar-refractivity contribution >= 4 is 58.3 Å². The van der Waals surface area contributed by atoms with Crippen LogP contribution < -0.4 is 4.74 Å². The van der Waals surface area contributed by atoms with E-state index in [9.17, 15) is 9.59 Å². The lowest BCUT2D eigenvalue weighted by molar-refractivity contribution is 0.0681. The smallest absolute Gasteiger partial charge is 0.343 e. The summed E-state index contributed by atoms with van der Waals surface area (Å²) in [7, 11) is 0. The van der Waals surface area contributed by atoms with E-state index in [1.54, 1.807) is 0 Å². The lowest BCUT2D eigenvalue weighted by atomic mass is 10.2. The molecule has 2 aromatic rings. The van der Waals surface area contributed by atoms with Crippen LogP contribution in [0.1, 0.15) is 20.7 Å². The van der Waals surface area contributed by atoms with E-state index in [2.05, 4.69) is 0 Å². The van der Waals surface area contributed by atoms with E-state index in [0.29, 0.717) is 0 Å². The van der Waals surface area contributed by atoms with Crippen LogP contribution in [-0.2, 0) is 0 Å². The number of rotatable bonds is 3. The lowest BCUT2D eigenvalue weighted by Crippen LogP contribution is -2.12. The number of hydrogen-bond acceptors (Lipinski definition) is 3. The van der Waals surface area contributed by atoms with Crippen LogP contribution >= 0.6 is 46.4 Å². The van der Waals surface area contributed by atoms with E-state index in [4.69, 9.17) is 56.2 Å². The van der Waals surface area contributed by atoms with Crippen LogP contribution in [0.4, 0.5) is 0 Å². The van der Waals surface area contributed by atoms with E-state index in [0.717, 1.165) is 6.07 Å². The minimum atomic E-state index is -1.33. The number of ether oxygens (including phenoxy) is 1.